The van der Waals surface area contributed by atoms with Gasteiger partial charge in [0, 0.05) is 23.8 Å². The lowest BCUT2D eigenvalue weighted by atomic mass is 10.0. The molecule has 1 aromatic heterocycles. The van der Waals surface area contributed by atoms with Gasteiger partial charge in [-0.15, -0.1) is 0 Å². The molecule has 0 bridgehead atoms. The van der Waals surface area contributed by atoms with Gasteiger partial charge < -0.3 is 4.90 Å². The number of hydrogen-bond acceptors (Lipinski definition) is 2. The summed E-state index contributed by atoms with van der Waals surface area (Å²) >= 11 is 0. The molecule has 2 heteroatoms. The monoisotopic (exact) mass is 260 g/mol. The molecule has 1 aliphatic rings. The van der Waals surface area contributed by atoms with Gasteiger partial charge in [0.25, 0.3) is 0 Å². The van der Waals surface area contributed by atoms with Crippen LogP contribution < -0.4 is 4.90 Å². The van der Waals surface area contributed by atoms with E-state index in [1.165, 1.54) is 34.9 Å². The summed E-state index contributed by atoms with van der Waals surface area (Å²) in [5.41, 5.74) is 2.73. The molecule has 2 heterocycles. The van der Waals surface area contributed by atoms with E-state index in [9.17, 15) is 0 Å². The van der Waals surface area contributed by atoms with Gasteiger partial charge in [0.05, 0.1) is 0 Å². The van der Waals surface area contributed by atoms with Gasteiger partial charge in [-0.1, -0.05) is 42.5 Å². The lowest BCUT2D eigenvalue weighted by Crippen LogP contribution is -2.25. The zero-order chi connectivity index (χ0) is 13.4. The minimum absolute atomic E-state index is 1.04. The molecule has 20 heavy (non-hydrogen) atoms. The molecule has 0 radical (unpaired) electrons. The van der Waals surface area contributed by atoms with Crippen molar-refractivity contribution in [2.75, 3.05) is 11.4 Å². The molecular weight excluding hydrogens is 244 g/mol. The Kier molecular flexibility index (Phi) is 2.66. The summed E-state index contributed by atoms with van der Waals surface area (Å²) in [5, 5.41) is 2.45. The Bertz CT molecular complexity index is 764. The smallest absolute Gasteiger partial charge is 0.133 e. The van der Waals surface area contributed by atoms with E-state index in [4.69, 9.17) is 0 Å². The van der Waals surface area contributed by atoms with Crippen molar-refractivity contribution in [2.45, 2.75) is 12.8 Å². The van der Waals surface area contributed by atoms with Gasteiger partial charge in [0.2, 0.25) is 0 Å². The maximum atomic E-state index is 4.66. The number of pyridine rings is 1. The van der Waals surface area contributed by atoms with Gasteiger partial charge in [-0.2, -0.15) is 0 Å². The third kappa shape index (κ3) is 1.85. The molecule has 0 aliphatic carbocycles. The first-order valence-electron chi connectivity index (χ1n) is 7.12. The van der Waals surface area contributed by atoms with E-state index in [1.54, 1.807) is 0 Å². The fourth-order valence-electron chi connectivity index (χ4n) is 2.99. The fraction of sp³-hybridized carbons (Fsp3) is 0.167. The normalized spacial score (nSPS) is 14.3. The van der Waals surface area contributed by atoms with E-state index in [0.717, 1.165) is 12.4 Å². The molecule has 0 saturated carbocycles. The van der Waals surface area contributed by atoms with Gasteiger partial charge in [0.1, 0.15) is 5.82 Å². The summed E-state index contributed by atoms with van der Waals surface area (Å²) in [7, 11) is 0. The van der Waals surface area contributed by atoms with Crippen molar-refractivity contribution in [3.63, 3.8) is 0 Å². The van der Waals surface area contributed by atoms with Crippen molar-refractivity contribution in [3.05, 3.63) is 66.4 Å². The van der Waals surface area contributed by atoms with Crippen LogP contribution in [0.25, 0.3) is 10.8 Å². The number of hydrogen-bond donors (Lipinski definition) is 0. The first-order chi connectivity index (χ1) is 9.92. The van der Waals surface area contributed by atoms with Crippen molar-refractivity contribution in [3.8, 4) is 0 Å². The summed E-state index contributed by atoms with van der Waals surface area (Å²) in [5.74, 6) is 1.05. The summed E-state index contributed by atoms with van der Waals surface area (Å²) in [6.07, 6.45) is 4.33. The Morgan fingerprint density at radius 1 is 0.900 bits per heavy atom. The highest BCUT2D eigenvalue weighted by atomic mass is 15.2. The van der Waals surface area contributed by atoms with Gasteiger partial charge in [0.15, 0.2) is 0 Å². The van der Waals surface area contributed by atoms with E-state index in [-0.39, 0.29) is 0 Å². The predicted octanol–water partition coefficient (Wildman–Crippen LogP) is 4.32. The highest BCUT2D eigenvalue weighted by Crippen LogP contribution is 2.33. The van der Waals surface area contributed by atoms with Crippen LogP contribution >= 0.6 is 0 Å². The quantitative estimate of drug-likeness (QED) is 0.647. The molecule has 0 fully saturated rings. The van der Waals surface area contributed by atoms with Crippen LogP contribution in [0.1, 0.15) is 12.0 Å². The largest absolute Gasteiger partial charge is 0.326 e. The summed E-state index contributed by atoms with van der Waals surface area (Å²) < 4.78 is 0. The molecule has 3 aromatic rings. The Morgan fingerprint density at radius 2 is 1.70 bits per heavy atom. The number of aromatic nitrogens is 1. The predicted molar refractivity (Wildman–Crippen MR) is 83.5 cm³/mol. The van der Waals surface area contributed by atoms with Gasteiger partial charge >= 0.3 is 0 Å². The number of rotatable bonds is 1. The zero-order valence-corrected chi connectivity index (χ0v) is 11.3. The van der Waals surface area contributed by atoms with E-state index in [2.05, 4.69) is 64.5 Å². The van der Waals surface area contributed by atoms with E-state index in [1.807, 2.05) is 6.20 Å². The van der Waals surface area contributed by atoms with Gasteiger partial charge in [-0.25, -0.2) is 4.98 Å². The van der Waals surface area contributed by atoms with Crippen molar-refractivity contribution in [2.24, 2.45) is 0 Å². The topological polar surface area (TPSA) is 16.1 Å². The van der Waals surface area contributed by atoms with Crippen LogP contribution in [0.4, 0.5) is 11.5 Å². The van der Waals surface area contributed by atoms with Crippen molar-refractivity contribution < 1.29 is 0 Å². The van der Waals surface area contributed by atoms with Crippen molar-refractivity contribution in [1.29, 1.82) is 0 Å². The molecule has 0 spiro atoms. The first kappa shape index (κ1) is 11.5. The fourth-order valence-corrected chi connectivity index (χ4v) is 2.99. The third-order valence-corrected chi connectivity index (χ3v) is 4.00. The Balaban J connectivity index is 1.84. The molecule has 0 amide bonds. The maximum Gasteiger partial charge on any atom is 0.133 e. The molecule has 2 aromatic carbocycles. The molecule has 0 N–H and O–H groups in total. The molecule has 1 aliphatic heterocycles. The SMILES string of the molecule is c1ccc2c(c1)CCCN2c1cc2ccccc2cn1. The van der Waals surface area contributed by atoms with Crippen LogP contribution in [0.15, 0.2) is 60.8 Å². The Labute approximate surface area is 118 Å². The molecule has 0 unspecified atom stereocenters. The molecule has 2 nitrogen and oxygen atoms in total. The van der Waals surface area contributed by atoms with Crippen LogP contribution in [0, 0.1) is 0 Å². The molecule has 98 valence electrons. The highest BCUT2D eigenvalue weighted by Gasteiger charge is 2.18. The van der Waals surface area contributed by atoms with Gasteiger partial charge in [-0.05, 0) is 35.9 Å². The molecule has 0 atom stereocenters. The molecule has 4 rings (SSSR count). The van der Waals surface area contributed by atoms with Crippen LogP contribution in [0.5, 0.6) is 0 Å². The van der Waals surface area contributed by atoms with E-state index >= 15 is 0 Å². The van der Waals surface area contributed by atoms with Crippen molar-refractivity contribution >= 4 is 22.3 Å². The number of aryl methyl sites for hydroxylation is 1. The minimum Gasteiger partial charge on any atom is -0.326 e. The van der Waals surface area contributed by atoms with Gasteiger partial charge in [-0.3, -0.25) is 0 Å². The number of anilines is 2. The first-order valence-corrected chi connectivity index (χ1v) is 7.12. The number of fused-ring (bicyclic) bond motifs is 2. The third-order valence-electron chi connectivity index (χ3n) is 4.00. The molecule has 0 saturated heterocycles. The lowest BCUT2D eigenvalue weighted by Gasteiger charge is -2.30. The molecular formula is C18H16N2. The van der Waals surface area contributed by atoms with Crippen molar-refractivity contribution in [1.82, 2.24) is 4.98 Å². The Hall–Kier alpha value is -2.35. The zero-order valence-electron chi connectivity index (χ0n) is 11.3. The van der Waals surface area contributed by atoms with E-state index in [0.29, 0.717) is 0 Å². The average Bonchev–Trinajstić information content (AvgIpc) is 2.54. The lowest BCUT2D eigenvalue weighted by molar-refractivity contribution is 0.760. The van der Waals surface area contributed by atoms with Crippen LogP contribution in [-0.4, -0.2) is 11.5 Å². The maximum absolute atomic E-state index is 4.66. The summed E-state index contributed by atoms with van der Waals surface area (Å²) in [6.45, 7) is 1.04. The second-order valence-electron chi connectivity index (χ2n) is 5.27. The van der Waals surface area contributed by atoms with E-state index < -0.39 is 0 Å². The highest BCUT2D eigenvalue weighted by molar-refractivity contribution is 5.85. The van der Waals surface area contributed by atoms with Crippen LogP contribution in [0.3, 0.4) is 0 Å². The average molecular weight is 260 g/mol. The second kappa shape index (κ2) is 4.64. The van der Waals surface area contributed by atoms with Crippen LogP contribution in [0.2, 0.25) is 0 Å². The number of para-hydroxylation sites is 1. The summed E-state index contributed by atoms with van der Waals surface area (Å²) in [4.78, 5) is 6.99. The van der Waals surface area contributed by atoms with Crippen LogP contribution in [-0.2, 0) is 6.42 Å². The number of nitrogens with zero attached hydrogens (tertiary/aromatic N) is 2. The minimum atomic E-state index is 1.04. The summed E-state index contributed by atoms with van der Waals surface area (Å²) in [6, 6.07) is 19.2. The second-order valence-corrected chi connectivity index (χ2v) is 5.27. The number of benzene rings is 2. The Morgan fingerprint density at radius 3 is 2.65 bits per heavy atom. The standard InChI is InChI=1S/C18H16N2/c1-2-8-16-13-19-18(12-15(16)7-1)20-11-5-9-14-6-3-4-10-17(14)20/h1-4,6-8,10,12-13H,5,9,11H2.